The number of phenols is 1. The zero-order valence-corrected chi connectivity index (χ0v) is 15.5. The van der Waals surface area contributed by atoms with Gasteiger partial charge >= 0.3 is 0 Å². The third-order valence-electron chi connectivity index (χ3n) is 4.59. The van der Waals surface area contributed by atoms with E-state index < -0.39 is 6.04 Å². The van der Waals surface area contributed by atoms with Crippen molar-refractivity contribution < 1.29 is 19.1 Å². The van der Waals surface area contributed by atoms with E-state index in [0.29, 0.717) is 21.0 Å². The Balaban J connectivity index is 2.02. The van der Waals surface area contributed by atoms with Crippen molar-refractivity contribution in [2.24, 2.45) is 0 Å². The molecule has 0 radical (unpaired) electrons. The second-order valence-electron chi connectivity index (χ2n) is 6.04. The van der Waals surface area contributed by atoms with Crippen molar-refractivity contribution in [1.82, 2.24) is 4.90 Å². The smallest absolute Gasteiger partial charge is 0.290 e. The normalized spacial score (nSPS) is 16.2. The SMILES string of the molecule is COc1cc(C2c3c(oc4ccccc4c3=O)C(=O)N2C)cc(Br)c1O. The lowest BCUT2D eigenvalue weighted by atomic mass is 9.98. The van der Waals surface area contributed by atoms with Crippen molar-refractivity contribution in [3.8, 4) is 11.5 Å². The van der Waals surface area contributed by atoms with Crippen LogP contribution in [0.2, 0.25) is 0 Å². The molecule has 2 heterocycles. The van der Waals surface area contributed by atoms with E-state index in [1.807, 2.05) is 0 Å². The van der Waals surface area contributed by atoms with Gasteiger partial charge in [0.1, 0.15) is 5.58 Å². The average Bonchev–Trinajstić information content (AvgIpc) is 2.89. The summed E-state index contributed by atoms with van der Waals surface area (Å²) in [4.78, 5) is 27.2. The molecule has 6 nitrogen and oxygen atoms in total. The monoisotopic (exact) mass is 415 g/mol. The van der Waals surface area contributed by atoms with Gasteiger partial charge in [-0.2, -0.15) is 0 Å². The fourth-order valence-corrected chi connectivity index (χ4v) is 3.79. The highest BCUT2D eigenvalue weighted by atomic mass is 79.9. The summed E-state index contributed by atoms with van der Waals surface area (Å²) in [5, 5.41) is 10.5. The standard InChI is InChI=1S/C19H14BrNO5/c1-21-15(9-7-11(20)17(23)13(8-9)25-2)14-16(22)10-5-3-4-6-12(10)26-18(14)19(21)24/h3-8,15,23H,1-2H3. The molecule has 0 spiro atoms. The summed E-state index contributed by atoms with van der Waals surface area (Å²) in [5.74, 6) is -0.122. The number of ether oxygens (including phenoxy) is 1. The molecule has 1 atom stereocenters. The Morgan fingerprint density at radius 2 is 1.96 bits per heavy atom. The molecule has 3 aromatic rings. The minimum atomic E-state index is -0.635. The van der Waals surface area contributed by atoms with Gasteiger partial charge in [0.2, 0.25) is 5.76 Å². The van der Waals surface area contributed by atoms with Gasteiger partial charge in [0.25, 0.3) is 5.91 Å². The van der Waals surface area contributed by atoms with E-state index in [-0.39, 0.29) is 34.2 Å². The van der Waals surface area contributed by atoms with Crippen molar-refractivity contribution in [1.29, 1.82) is 0 Å². The predicted molar refractivity (Wildman–Crippen MR) is 98.8 cm³/mol. The van der Waals surface area contributed by atoms with Crippen molar-refractivity contribution >= 4 is 32.8 Å². The van der Waals surface area contributed by atoms with Gasteiger partial charge < -0.3 is 19.2 Å². The number of nitrogens with zero attached hydrogens (tertiary/aromatic N) is 1. The number of methoxy groups -OCH3 is 1. The number of hydrogen-bond donors (Lipinski definition) is 1. The van der Waals surface area contributed by atoms with E-state index in [1.165, 1.54) is 12.0 Å². The molecule has 1 unspecified atom stereocenters. The molecule has 2 aromatic carbocycles. The first-order valence-electron chi connectivity index (χ1n) is 7.83. The Hall–Kier alpha value is -2.80. The highest BCUT2D eigenvalue weighted by Gasteiger charge is 2.41. The van der Waals surface area contributed by atoms with Crippen molar-refractivity contribution in [2.75, 3.05) is 14.2 Å². The van der Waals surface area contributed by atoms with Crippen LogP contribution in [0, 0.1) is 0 Å². The van der Waals surface area contributed by atoms with Crippen LogP contribution < -0.4 is 10.2 Å². The Morgan fingerprint density at radius 1 is 1.23 bits per heavy atom. The third kappa shape index (κ3) is 2.24. The van der Waals surface area contributed by atoms with Gasteiger partial charge in [-0.3, -0.25) is 9.59 Å². The van der Waals surface area contributed by atoms with Gasteiger partial charge in [0, 0.05) is 7.05 Å². The highest BCUT2D eigenvalue weighted by Crippen LogP contribution is 2.42. The maximum atomic E-state index is 13.1. The first-order valence-corrected chi connectivity index (χ1v) is 8.62. The predicted octanol–water partition coefficient (Wildman–Crippen LogP) is 3.44. The largest absolute Gasteiger partial charge is 0.503 e. The number of amides is 1. The Morgan fingerprint density at radius 3 is 2.69 bits per heavy atom. The molecular weight excluding hydrogens is 402 g/mol. The second-order valence-corrected chi connectivity index (χ2v) is 6.90. The molecule has 1 amide bonds. The third-order valence-corrected chi connectivity index (χ3v) is 5.20. The second kappa shape index (κ2) is 5.88. The fraction of sp³-hybridized carbons (Fsp3) is 0.158. The van der Waals surface area contributed by atoms with E-state index in [9.17, 15) is 14.7 Å². The van der Waals surface area contributed by atoms with E-state index in [4.69, 9.17) is 9.15 Å². The first-order chi connectivity index (χ1) is 12.4. The number of hydrogen-bond acceptors (Lipinski definition) is 5. The number of phenolic OH excluding ortho intramolecular Hbond substituents is 1. The van der Waals surface area contributed by atoms with Crippen molar-refractivity contribution in [3.63, 3.8) is 0 Å². The number of para-hydroxylation sites is 1. The molecule has 26 heavy (non-hydrogen) atoms. The molecule has 1 N–H and O–H groups in total. The molecule has 1 aromatic heterocycles. The molecule has 0 saturated heterocycles. The van der Waals surface area contributed by atoms with Gasteiger partial charge in [0.15, 0.2) is 16.9 Å². The molecule has 0 saturated carbocycles. The minimum absolute atomic E-state index is 0.0457. The molecule has 132 valence electrons. The Kier molecular flexibility index (Phi) is 3.77. The quantitative estimate of drug-likeness (QED) is 0.693. The number of aromatic hydroxyl groups is 1. The number of rotatable bonds is 2. The van der Waals surface area contributed by atoms with Crippen molar-refractivity contribution in [3.05, 3.63) is 68.0 Å². The number of benzene rings is 2. The van der Waals surface area contributed by atoms with Crippen LogP contribution in [0.25, 0.3) is 11.0 Å². The summed E-state index contributed by atoms with van der Waals surface area (Å²) in [7, 11) is 3.05. The van der Waals surface area contributed by atoms with Gasteiger partial charge in [0.05, 0.1) is 28.6 Å². The van der Waals surface area contributed by atoms with Crippen LogP contribution in [-0.4, -0.2) is 30.1 Å². The summed E-state index contributed by atoms with van der Waals surface area (Å²) < 4.78 is 11.3. The molecule has 1 aliphatic rings. The fourth-order valence-electron chi connectivity index (χ4n) is 3.33. The van der Waals surface area contributed by atoms with Crippen LogP contribution in [0.5, 0.6) is 11.5 Å². The van der Waals surface area contributed by atoms with Crippen LogP contribution in [-0.2, 0) is 0 Å². The lowest BCUT2D eigenvalue weighted by Crippen LogP contribution is -2.25. The average molecular weight is 416 g/mol. The van der Waals surface area contributed by atoms with E-state index in [0.717, 1.165) is 0 Å². The summed E-state index contributed by atoms with van der Waals surface area (Å²) in [6.07, 6.45) is 0. The lowest BCUT2D eigenvalue weighted by molar-refractivity contribution is 0.0771. The minimum Gasteiger partial charge on any atom is -0.503 e. The van der Waals surface area contributed by atoms with Crippen LogP contribution >= 0.6 is 15.9 Å². The Bertz CT molecular complexity index is 1120. The zero-order valence-electron chi connectivity index (χ0n) is 13.9. The molecule has 1 aliphatic heterocycles. The summed E-state index contributed by atoms with van der Waals surface area (Å²) in [6, 6.07) is 9.48. The van der Waals surface area contributed by atoms with Gasteiger partial charge in [-0.05, 0) is 45.8 Å². The lowest BCUT2D eigenvalue weighted by Gasteiger charge is -2.21. The molecule has 0 aliphatic carbocycles. The van der Waals surface area contributed by atoms with Crippen LogP contribution in [0.15, 0.2) is 50.1 Å². The highest BCUT2D eigenvalue weighted by molar-refractivity contribution is 9.10. The van der Waals surface area contributed by atoms with Gasteiger partial charge in [-0.25, -0.2) is 0 Å². The molecule has 0 bridgehead atoms. The van der Waals surface area contributed by atoms with Crippen LogP contribution in [0.1, 0.15) is 27.7 Å². The van der Waals surface area contributed by atoms with E-state index in [1.54, 1.807) is 43.4 Å². The maximum absolute atomic E-state index is 13.1. The Labute approximate surface area is 156 Å². The molecule has 7 heteroatoms. The molecule has 4 rings (SSSR count). The van der Waals surface area contributed by atoms with Crippen LogP contribution in [0.4, 0.5) is 0 Å². The van der Waals surface area contributed by atoms with Gasteiger partial charge in [-0.15, -0.1) is 0 Å². The molecular formula is C19H14BrNO5. The topological polar surface area (TPSA) is 80.0 Å². The van der Waals surface area contributed by atoms with Crippen molar-refractivity contribution in [2.45, 2.75) is 6.04 Å². The van der Waals surface area contributed by atoms with E-state index in [2.05, 4.69) is 15.9 Å². The summed E-state index contributed by atoms with van der Waals surface area (Å²) in [5.41, 5.74) is 1.05. The van der Waals surface area contributed by atoms with E-state index >= 15 is 0 Å². The molecule has 0 fully saturated rings. The summed E-state index contributed by atoms with van der Waals surface area (Å²) >= 11 is 3.28. The maximum Gasteiger partial charge on any atom is 0.290 e. The zero-order chi connectivity index (χ0) is 18.6. The van der Waals surface area contributed by atoms with Crippen LogP contribution in [0.3, 0.4) is 0 Å². The summed E-state index contributed by atoms with van der Waals surface area (Å²) in [6.45, 7) is 0. The number of carbonyl (C=O) groups is 1. The number of carbonyl (C=O) groups excluding carboxylic acids is 1. The van der Waals surface area contributed by atoms with Gasteiger partial charge in [-0.1, -0.05) is 12.1 Å². The number of fused-ring (bicyclic) bond motifs is 2. The number of halogens is 1. The first kappa shape index (κ1) is 16.7.